The van der Waals surface area contributed by atoms with Crippen molar-refractivity contribution in [2.75, 3.05) is 25.0 Å². The molecule has 0 unspecified atom stereocenters. The lowest BCUT2D eigenvalue weighted by atomic mass is 9.84. The summed E-state index contributed by atoms with van der Waals surface area (Å²) in [6.45, 7) is -0.491. The third-order valence-electron chi connectivity index (χ3n) is 6.38. The molecule has 0 spiro atoms. The summed E-state index contributed by atoms with van der Waals surface area (Å²) in [5.41, 5.74) is 0. The Kier molecular flexibility index (Phi) is 7.86. The number of carbonyl (C=O) groups is 2. The van der Waals surface area contributed by atoms with Gasteiger partial charge in [-0.1, -0.05) is 49.8 Å². The highest BCUT2D eigenvalue weighted by Gasteiger charge is 2.40. The van der Waals surface area contributed by atoms with Gasteiger partial charge in [0.25, 0.3) is 0 Å². The molecule has 0 radical (unpaired) electrons. The smallest absolute Gasteiger partial charge is 0.248 e. The molecule has 1 N–H and O–H groups in total. The van der Waals surface area contributed by atoms with E-state index in [1.807, 2.05) is 0 Å². The summed E-state index contributed by atoms with van der Waals surface area (Å²) >= 11 is 7.04. The summed E-state index contributed by atoms with van der Waals surface area (Å²) in [7, 11) is -4.27. The molecule has 184 valence electrons. The van der Waals surface area contributed by atoms with Crippen molar-refractivity contribution in [1.82, 2.24) is 14.2 Å². The minimum atomic E-state index is -4.27. The maximum atomic E-state index is 14.4. The van der Waals surface area contributed by atoms with Gasteiger partial charge in [-0.2, -0.15) is 4.31 Å². The van der Waals surface area contributed by atoms with E-state index < -0.39 is 39.2 Å². The Morgan fingerprint density at radius 3 is 2.71 bits per heavy atom. The zero-order valence-corrected chi connectivity index (χ0v) is 20.8. The fraction of sp³-hybridized carbons (Fsp3) is 0.500. The third-order valence-corrected chi connectivity index (χ3v) is 9.22. The van der Waals surface area contributed by atoms with E-state index in [-0.39, 0.29) is 24.0 Å². The molecule has 2 amide bonds. The number of hydrogen-bond donors (Lipinski definition) is 1. The normalized spacial score (nSPS) is 19.2. The van der Waals surface area contributed by atoms with Crippen LogP contribution in [0.2, 0.25) is 5.02 Å². The van der Waals surface area contributed by atoms with E-state index in [9.17, 15) is 22.4 Å². The number of rotatable bonds is 7. The molecule has 1 aromatic heterocycles. The zero-order chi connectivity index (χ0) is 24.3. The van der Waals surface area contributed by atoms with Gasteiger partial charge in [0.1, 0.15) is 10.9 Å². The van der Waals surface area contributed by atoms with Gasteiger partial charge in [0.15, 0.2) is 10.9 Å². The number of amides is 2. The van der Waals surface area contributed by atoms with Crippen LogP contribution >= 0.6 is 22.9 Å². The van der Waals surface area contributed by atoms with Crippen molar-refractivity contribution in [2.45, 2.75) is 49.5 Å². The van der Waals surface area contributed by atoms with Crippen molar-refractivity contribution < 1.29 is 22.4 Å². The molecule has 12 heteroatoms. The van der Waals surface area contributed by atoms with Gasteiger partial charge in [-0.25, -0.2) is 17.8 Å². The Labute approximate surface area is 207 Å². The van der Waals surface area contributed by atoms with Gasteiger partial charge in [-0.05, 0) is 24.5 Å². The number of hydrogen-bond acceptors (Lipinski definition) is 6. The second-order valence-electron chi connectivity index (χ2n) is 8.56. The summed E-state index contributed by atoms with van der Waals surface area (Å²) in [5, 5.41) is 4.67. The topological polar surface area (TPSA) is 99.7 Å². The van der Waals surface area contributed by atoms with Crippen LogP contribution in [0.5, 0.6) is 0 Å². The monoisotopic (exact) mass is 528 g/mol. The fourth-order valence-electron chi connectivity index (χ4n) is 4.61. The molecular formula is C22H26ClFN4O4S2. The van der Waals surface area contributed by atoms with Crippen molar-refractivity contribution in [2.24, 2.45) is 5.92 Å². The minimum Gasteiger partial charge on any atom is -0.328 e. The number of benzene rings is 1. The summed E-state index contributed by atoms with van der Waals surface area (Å²) in [6, 6.07) is 3.00. The lowest BCUT2D eigenvalue weighted by Gasteiger charge is -2.39. The molecule has 1 aromatic carbocycles. The van der Waals surface area contributed by atoms with E-state index in [4.69, 9.17) is 11.6 Å². The highest BCUT2D eigenvalue weighted by Crippen LogP contribution is 2.31. The number of carbonyl (C=O) groups excluding carboxylic acids is 2. The summed E-state index contributed by atoms with van der Waals surface area (Å²) in [6.07, 6.45) is 7.45. The molecule has 1 saturated heterocycles. The molecule has 0 bridgehead atoms. The summed E-state index contributed by atoms with van der Waals surface area (Å²) < 4.78 is 41.4. The lowest BCUT2D eigenvalue weighted by molar-refractivity contribution is -0.142. The van der Waals surface area contributed by atoms with E-state index in [1.54, 1.807) is 11.6 Å². The summed E-state index contributed by atoms with van der Waals surface area (Å²) in [5.74, 6) is -1.55. The van der Waals surface area contributed by atoms with E-state index in [0.717, 1.165) is 36.1 Å². The maximum Gasteiger partial charge on any atom is 0.248 e. The first-order valence-corrected chi connectivity index (χ1v) is 13.9. The maximum absolute atomic E-state index is 14.4. The van der Waals surface area contributed by atoms with Gasteiger partial charge < -0.3 is 10.2 Å². The van der Waals surface area contributed by atoms with Gasteiger partial charge >= 0.3 is 0 Å². The SMILES string of the molecule is O=C(Nc1nccs1)[C@H](CC1CCCCC1)N1CCN(S(=O)(=O)c2cccc(Cl)c2F)CC1=O. The largest absolute Gasteiger partial charge is 0.328 e. The average Bonchev–Trinajstić information content (AvgIpc) is 3.33. The van der Waals surface area contributed by atoms with Crippen LogP contribution in [0.3, 0.4) is 0 Å². The molecular weight excluding hydrogens is 503 g/mol. The number of anilines is 1. The van der Waals surface area contributed by atoms with Crippen LogP contribution in [-0.2, 0) is 19.6 Å². The molecule has 1 atom stereocenters. The highest BCUT2D eigenvalue weighted by atomic mass is 35.5. The van der Waals surface area contributed by atoms with Crippen molar-refractivity contribution >= 4 is 49.9 Å². The number of sulfonamides is 1. The Bertz CT molecular complexity index is 1140. The van der Waals surface area contributed by atoms with Crippen molar-refractivity contribution in [3.8, 4) is 0 Å². The highest BCUT2D eigenvalue weighted by molar-refractivity contribution is 7.89. The zero-order valence-electron chi connectivity index (χ0n) is 18.5. The van der Waals surface area contributed by atoms with E-state index in [1.165, 1.54) is 34.8 Å². The Hall–Kier alpha value is -2.08. The van der Waals surface area contributed by atoms with Gasteiger partial charge in [-0.3, -0.25) is 9.59 Å². The number of piperazine rings is 1. The van der Waals surface area contributed by atoms with Crippen LogP contribution < -0.4 is 5.32 Å². The second-order valence-corrected chi connectivity index (χ2v) is 11.8. The standard InChI is InChI=1S/C22H26ClFN4O4S2/c23-16-7-4-8-18(20(16)24)34(31,32)27-10-11-28(19(29)14-27)17(13-15-5-2-1-3-6-15)21(30)26-22-25-9-12-33-22/h4,7-9,12,15,17H,1-3,5-6,10-11,13-14H2,(H,25,26,30)/t17-/m0/s1. The third kappa shape index (κ3) is 5.42. The molecule has 2 heterocycles. The first-order valence-electron chi connectivity index (χ1n) is 11.2. The Morgan fingerprint density at radius 1 is 1.26 bits per heavy atom. The van der Waals surface area contributed by atoms with E-state index in [0.29, 0.717) is 17.5 Å². The van der Waals surface area contributed by atoms with E-state index in [2.05, 4.69) is 10.3 Å². The molecule has 4 rings (SSSR count). The molecule has 8 nitrogen and oxygen atoms in total. The first kappa shape index (κ1) is 25.0. The lowest BCUT2D eigenvalue weighted by Crippen LogP contribution is -2.58. The van der Waals surface area contributed by atoms with Crippen LogP contribution in [0.1, 0.15) is 38.5 Å². The number of halogens is 2. The molecule has 2 fully saturated rings. The van der Waals surface area contributed by atoms with Crippen molar-refractivity contribution in [3.05, 3.63) is 40.6 Å². The van der Waals surface area contributed by atoms with Crippen molar-refractivity contribution in [1.29, 1.82) is 0 Å². The van der Waals surface area contributed by atoms with Gasteiger partial charge in [0.2, 0.25) is 21.8 Å². The van der Waals surface area contributed by atoms with Crippen LogP contribution in [-0.4, -0.2) is 60.1 Å². The predicted octanol–water partition coefficient (Wildman–Crippen LogP) is 3.75. The number of nitrogens with zero attached hydrogens (tertiary/aromatic N) is 3. The van der Waals surface area contributed by atoms with Crippen LogP contribution in [0.25, 0.3) is 0 Å². The number of aromatic nitrogens is 1. The number of thiazole rings is 1. The second kappa shape index (κ2) is 10.7. The molecule has 1 saturated carbocycles. The Morgan fingerprint density at radius 2 is 2.03 bits per heavy atom. The molecule has 2 aliphatic rings. The van der Waals surface area contributed by atoms with Gasteiger partial charge in [0.05, 0.1) is 11.6 Å². The van der Waals surface area contributed by atoms with Crippen molar-refractivity contribution in [3.63, 3.8) is 0 Å². The fourth-order valence-corrected chi connectivity index (χ4v) is 6.84. The molecule has 2 aromatic rings. The van der Waals surface area contributed by atoms with Crippen LogP contribution in [0.4, 0.5) is 9.52 Å². The number of nitrogens with one attached hydrogen (secondary N) is 1. The Balaban J connectivity index is 1.52. The minimum absolute atomic E-state index is 0.0307. The van der Waals surface area contributed by atoms with E-state index >= 15 is 0 Å². The average molecular weight is 529 g/mol. The quantitative estimate of drug-likeness (QED) is 0.590. The van der Waals surface area contributed by atoms with Gasteiger partial charge in [-0.15, -0.1) is 11.3 Å². The molecule has 1 aliphatic heterocycles. The molecule has 1 aliphatic carbocycles. The first-order chi connectivity index (χ1) is 16.3. The van der Waals surface area contributed by atoms with Crippen LogP contribution in [0, 0.1) is 11.7 Å². The molecule has 34 heavy (non-hydrogen) atoms. The summed E-state index contributed by atoms with van der Waals surface area (Å²) in [4.78, 5) is 31.3. The van der Waals surface area contributed by atoms with Crippen LogP contribution in [0.15, 0.2) is 34.7 Å². The van der Waals surface area contributed by atoms with Gasteiger partial charge in [0, 0.05) is 24.7 Å². The predicted molar refractivity (Wildman–Crippen MR) is 128 cm³/mol.